The van der Waals surface area contributed by atoms with Crippen molar-refractivity contribution >= 4 is 29.4 Å². The van der Waals surface area contributed by atoms with Crippen molar-refractivity contribution in [2.24, 2.45) is 0 Å². The van der Waals surface area contributed by atoms with E-state index < -0.39 is 0 Å². The van der Waals surface area contributed by atoms with Crippen LogP contribution in [0.5, 0.6) is 0 Å². The van der Waals surface area contributed by atoms with E-state index in [9.17, 15) is 0 Å². The van der Waals surface area contributed by atoms with Crippen LogP contribution in [0.1, 0.15) is 5.56 Å². The van der Waals surface area contributed by atoms with Gasteiger partial charge in [0, 0.05) is 10.8 Å². The molecule has 1 aromatic carbocycles. The predicted octanol–water partition coefficient (Wildman–Crippen LogP) is 3.72. The molecule has 1 aromatic rings. The molecule has 1 rings (SSSR count). The van der Waals surface area contributed by atoms with E-state index in [2.05, 4.69) is 18.4 Å². The molecule has 0 aliphatic heterocycles. The van der Waals surface area contributed by atoms with E-state index in [0.717, 1.165) is 16.3 Å². The van der Waals surface area contributed by atoms with E-state index in [-0.39, 0.29) is 0 Å². The summed E-state index contributed by atoms with van der Waals surface area (Å²) in [7, 11) is 0. The second kappa shape index (κ2) is 5.28. The Kier molecular flexibility index (Phi) is 4.26. The van der Waals surface area contributed by atoms with Crippen molar-refractivity contribution in [3.8, 4) is 0 Å². The molecule has 0 aliphatic carbocycles. The molecule has 0 aromatic heterocycles. The van der Waals surface area contributed by atoms with E-state index >= 15 is 0 Å². The van der Waals surface area contributed by atoms with Gasteiger partial charge in [0.25, 0.3) is 0 Å². The van der Waals surface area contributed by atoms with Crippen LogP contribution in [0.15, 0.2) is 30.3 Å². The highest BCUT2D eigenvalue weighted by Crippen LogP contribution is 2.11. The Bertz CT molecular complexity index is 268. The lowest BCUT2D eigenvalue weighted by molar-refractivity contribution is 1.65. The second-order valence-corrected chi connectivity index (χ2v) is 3.76. The minimum atomic E-state index is 0.793. The maximum atomic E-state index is 5.82. The van der Waals surface area contributed by atoms with Crippen LogP contribution in [0, 0.1) is 0 Å². The van der Waals surface area contributed by atoms with E-state index in [4.69, 9.17) is 11.6 Å². The number of thioether (sulfide) groups is 1. The van der Waals surface area contributed by atoms with E-state index in [0.29, 0.717) is 0 Å². The normalized spacial score (nSPS) is 10.8. The van der Waals surface area contributed by atoms with Gasteiger partial charge in [-0.1, -0.05) is 35.9 Å². The molecule has 0 atom stereocenters. The van der Waals surface area contributed by atoms with Crippen molar-refractivity contribution in [1.29, 1.82) is 0 Å². The number of hydrogen-bond acceptors (Lipinski definition) is 1. The lowest BCUT2D eigenvalue weighted by atomic mass is 10.2. The van der Waals surface area contributed by atoms with Crippen molar-refractivity contribution in [2.45, 2.75) is 0 Å². The molecular formula is C10H11ClS. The minimum absolute atomic E-state index is 0.793. The predicted molar refractivity (Wildman–Crippen MR) is 58.9 cm³/mol. The monoisotopic (exact) mass is 198 g/mol. The fourth-order valence-electron chi connectivity index (χ4n) is 0.891. The molecule has 0 nitrogen and oxygen atoms in total. The fourth-order valence-corrected chi connectivity index (χ4v) is 1.38. The summed E-state index contributed by atoms with van der Waals surface area (Å²) in [4.78, 5) is 0. The van der Waals surface area contributed by atoms with Crippen LogP contribution in [-0.2, 0) is 0 Å². The third-order valence-electron chi connectivity index (χ3n) is 1.42. The molecule has 0 aliphatic rings. The smallest absolute Gasteiger partial charge is 0.0411 e. The lowest BCUT2D eigenvalue weighted by Gasteiger charge is -1.93. The molecule has 0 N–H and O–H groups in total. The van der Waals surface area contributed by atoms with Crippen LogP contribution >= 0.6 is 23.4 Å². The fraction of sp³-hybridized carbons (Fsp3) is 0.200. The van der Waals surface area contributed by atoms with Crippen LogP contribution in [0.3, 0.4) is 0 Å². The summed E-state index contributed by atoms with van der Waals surface area (Å²) >= 11 is 7.62. The molecular weight excluding hydrogens is 188 g/mol. The van der Waals surface area contributed by atoms with E-state index in [1.165, 1.54) is 0 Å². The number of benzene rings is 1. The Balaban J connectivity index is 2.63. The average Bonchev–Trinajstić information content (AvgIpc) is 2.05. The van der Waals surface area contributed by atoms with Crippen molar-refractivity contribution in [2.75, 3.05) is 12.0 Å². The highest BCUT2D eigenvalue weighted by molar-refractivity contribution is 7.98. The maximum absolute atomic E-state index is 5.82. The molecule has 0 heterocycles. The van der Waals surface area contributed by atoms with Gasteiger partial charge in [-0.05, 0) is 24.0 Å². The zero-order chi connectivity index (χ0) is 8.81. The molecule has 0 unspecified atom stereocenters. The molecule has 0 fully saturated rings. The number of hydrogen-bond donors (Lipinski definition) is 0. The number of halogens is 1. The Morgan fingerprint density at radius 2 is 2.33 bits per heavy atom. The quantitative estimate of drug-likeness (QED) is 0.714. The molecule has 0 radical (unpaired) electrons. The van der Waals surface area contributed by atoms with Gasteiger partial charge < -0.3 is 0 Å². The highest BCUT2D eigenvalue weighted by atomic mass is 35.5. The summed E-state index contributed by atoms with van der Waals surface area (Å²) in [6, 6.07) is 7.84. The molecule has 0 spiro atoms. The van der Waals surface area contributed by atoms with Gasteiger partial charge in [0.15, 0.2) is 0 Å². The van der Waals surface area contributed by atoms with Crippen LogP contribution < -0.4 is 0 Å². The van der Waals surface area contributed by atoms with Crippen LogP contribution in [0.2, 0.25) is 5.02 Å². The SMILES string of the molecule is CSC/C=C/c1cccc(Cl)c1. The largest absolute Gasteiger partial charge is 0.161 e. The molecule has 0 bridgehead atoms. The zero-order valence-electron chi connectivity index (χ0n) is 6.96. The van der Waals surface area contributed by atoms with Crippen molar-refractivity contribution in [3.05, 3.63) is 40.9 Å². The van der Waals surface area contributed by atoms with Crippen molar-refractivity contribution < 1.29 is 0 Å². The molecule has 12 heavy (non-hydrogen) atoms. The van der Waals surface area contributed by atoms with E-state index in [1.54, 1.807) is 11.8 Å². The van der Waals surface area contributed by atoms with Crippen molar-refractivity contribution in [3.63, 3.8) is 0 Å². The minimum Gasteiger partial charge on any atom is -0.161 e. The molecule has 0 amide bonds. The lowest BCUT2D eigenvalue weighted by Crippen LogP contribution is -1.72. The topological polar surface area (TPSA) is 0 Å². The Morgan fingerprint density at radius 3 is 3.00 bits per heavy atom. The van der Waals surface area contributed by atoms with Gasteiger partial charge in [0.2, 0.25) is 0 Å². The van der Waals surface area contributed by atoms with Gasteiger partial charge in [-0.2, -0.15) is 11.8 Å². The van der Waals surface area contributed by atoms with Crippen molar-refractivity contribution in [1.82, 2.24) is 0 Å². The maximum Gasteiger partial charge on any atom is 0.0411 e. The Labute approximate surface area is 82.6 Å². The second-order valence-electron chi connectivity index (χ2n) is 2.41. The van der Waals surface area contributed by atoms with Gasteiger partial charge in [0.05, 0.1) is 0 Å². The summed E-state index contributed by atoms with van der Waals surface area (Å²) in [6.45, 7) is 0. The van der Waals surface area contributed by atoms with Gasteiger partial charge >= 0.3 is 0 Å². The third-order valence-corrected chi connectivity index (χ3v) is 2.18. The summed E-state index contributed by atoms with van der Waals surface area (Å²) in [5.41, 5.74) is 1.16. The van der Waals surface area contributed by atoms with Crippen LogP contribution in [0.4, 0.5) is 0 Å². The number of rotatable bonds is 3. The van der Waals surface area contributed by atoms with Crippen LogP contribution in [0.25, 0.3) is 6.08 Å². The average molecular weight is 199 g/mol. The van der Waals surface area contributed by atoms with Crippen LogP contribution in [-0.4, -0.2) is 12.0 Å². The summed E-state index contributed by atoms with van der Waals surface area (Å²) in [6.07, 6.45) is 6.31. The summed E-state index contributed by atoms with van der Waals surface area (Å²) < 4.78 is 0. The van der Waals surface area contributed by atoms with Gasteiger partial charge in [0.1, 0.15) is 0 Å². The standard InChI is InChI=1S/C10H11ClS/c1-12-7-3-5-9-4-2-6-10(11)8-9/h2-6,8H,7H2,1H3/b5-3+. The zero-order valence-corrected chi connectivity index (χ0v) is 8.53. The molecule has 0 saturated heterocycles. The molecule has 0 saturated carbocycles. The first-order chi connectivity index (χ1) is 5.83. The van der Waals surface area contributed by atoms with Gasteiger partial charge in [-0.15, -0.1) is 0 Å². The first-order valence-electron chi connectivity index (χ1n) is 3.74. The van der Waals surface area contributed by atoms with E-state index in [1.807, 2.05) is 24.3 Å². The highest BCUT2D eigenvalue weighted by Gasteiger charge is 1.87. The Morgan fingerprint density at radius 1 is 1.50 bits per heavy atom. The Hall–Kier alpha value is -0.400. The first kappa shape index (κ1) is 9.69. The van der Waals surface area contributed by atoms with Gasteiger partial charge in [-0.3, -0.25) is 0 Å². The first-order valence-corrected chi connectivity index (χ1v) is 5.51. The molecule has 64 valence electrons. The van der Waals surface area contributed by atoms with Gasteiger partial charge in [-0.25, -0.2) is 0 Å². The third kappa shape index (κ3) is 3.33. The molecule has 2 heteroatoms. The summed E-state index contributed by atoms with van der Waals surface area (Å²) in [5, 5.41) is 0.793. The summed E-state index contributed by atoms with van der Waals surface area (Å²) in [5.74, 6) is 1.05.